The first-order valence-corrected chi connectivity index (χ1v) is 16.1. The third-order valence-electron chi connectivity index (χ3n) is 7.48. The number of ether oxygens (including phenoxy) is 4. The number of aromatic nitrogens is 1. The molecule has 238 valence electrons. The highest BCUT2D eigenvalue weighted by Crippen LogP contribution is 2.37. The number of allylic oxidation sites excluding steroid dienone is 1. The summed E-state index contributed by atoms with van der Waals surface area (Å²) in [6.45, 7) is 4.33. The average Bonchev–Trinajstić information content (AvgIpc) is 3.38. The van der Waals surface area contributed by atoms with Gasteiger partial charge in [0.15, 0.2) is 16.3 Å². The number of aryl methyl sites for hydroxylation is 1. The Balaban J connectivity index is 1.31. The van der Waals surface area contributed by atoms with E-state index in [0.29, 0.717) is 49.5 Å². The maximum absolute atomic E-state index is 14.1. The van der Waals surface area contributed by atoms with Gasteiger partial charge in [-0.25, -0.2) is 9.79 Å². The summed E-state index contributed by atoms with van der Waals surface area (Å²) in [5, 5.41) is 0.322. The van der Waals surface area contributed by atoms with E-state index in [2.05, 4.69) is 4.99 Å². The van der Waals surface area contributed by atoms with Gasteiger partial charge in [-0.2, -0.15) is 0 Å². The quantitative estimate of drug-likeness (QED) is 0.0992. The molecule has 4 aromatic carbocycles. The van der Waals surface area contributed by atoms with Crippen molar-refractivity contribution >= 4 is 35.0 Å². The van der Waals surface area contributed by atoms with Gasteiger partial charge in [-0.15, -0.1) is 0 Å². The van der Waals surface area contributed by atoms with Crippen LogP contribution in [-0.2, 0) is 4.79 Å². The summed E-state index contributed by atoms with van der Waals surface area (Å²) in [5.74, 6) is 1.37. The second-order valence-electron chi connectivity index (χ2n) is 10.7. The Morgan fingerprint density at radius 2 is 1.60 bits per heavy atom. The maximum Gasteiger partial charge on any atom is 0.343 e. The molecule has 47 heavy (non-hydrogen) atoms. The molecule has 1 aliphatic heterocycles. The summed E-state index contributed by atoms with van der Waals surface area (Å²) in [7, 11) is 1.53. The molecule has 0 saturated heterocycles. The van der Waals surface area contributed by atoms with Crippen LogP contribution in [0.3, 0.4) is 0 Å². The van der Waals surface area contributed by atoms with Crippen LogP contribution in [0, 0.1) is 6.92 Å². The van der Waals surface area contributed by atoms with Gasteiger partial charge >= 0.3 is 5.97 Å². The number of halogens is 1. The van der Waals surface area contributed by atoms with E-state index in [1.54, 1.807) is 54.0 Å². The van der Waals surface area contributed by atoms with E-state index in [-0.39, 0.29) is 17.7 Å². The molecule has 10 heteroatoms. The second kappa shape index (κ2) is 14.1. The molecule has 1 aliphatic rings. The SMILES string of the molecule is COc1cc(/C=c2\sc3n(c2=O)[C@H](c2ccccc2)C(C(=O)Oc2ccccc2)=C(C)N=3)cc(Cl)c1OCCOc1ccc(C)cc1. The lowest BCUT2D eigenvalue weighted by Gasteiger charge is -2.24. The van der Waals surface area contributed by atoms with Gasteiger partial charge in [-0.3, -0.25) is 9.36 Å². The smallest absolute Gasteiger partial charge is 0.343 e. The van der Waals surface area contributed by atoms with Crippen molar-refractivity contribution in [2.45, 2.75) is 19.9 Å². The highest BCUT2D eigenvalue weighted by molar-refractivity contribution is 7.07. The number of esters is 1. The zero-order valence-electron chi connectivity index (χ0n) is 25.9. The molecule has 0 amide bonds. The number of hydrogen-bond donors (Lipinski definition) is 0. The van der Waals surface area contributed by atoms with Gasteiger partial charge in [-0.05, 0) is 67.4 Å². The minimum atomic E-state index is -0.734. The minimum Gasteiger partial charge on any atom is -0.493 e. The van der Waals surface area contributed by atoms with Crippen molar-refractivity contribution in [3.8, 4) is 23.0 Å². The Kier molecular flexibility index (Phi) is 9.56. The van der Waals surface area contributed by atoms with Crippen LogP contribution in [0.2, 0.25) is 5.02 Å². The number of carbonyl (C=O) groups excluding carboxylic acids is 1. The molecule has 5 aromatic rings. The van der Waals surface area contributed by atoms with Gasteiger partial charge in [-0.1, -0.05) is 89.2 Å². The fourth-order valence-corrected chi connectivity index (χ4v) is 6.56. The Labute approximate surface area is 280 Å². The normalized spacial score (nSPS) is 14.3. The lowest BCUT2D eigenvalue weighted by molar-refractivity contribution is -0.130. The molecule has 0 unspecified atom stereocenters. The summed E-state index contributed by atoms with van der Waals surface area (Å²) >= 11 is 7.88. The number of fused-ring (bicyclic) bond motifs is 1. The number of thiazole rings is 1. The minimum absolute atomic E-state index is 0.246. The third-order valence-corrected chi connectivity index (χ3v) is 8.74. The van der Waals surface area contributed by atoms with Crippen LogP contribution in [0.5, 0.6) is 23.0 Å². The van der Waals surface area contributed by atoms with E-state index in [1.807, 2.05) is 67.6 Å². The summed E-state index contributed by atoms with van der Waals surface area (Å²) < 4.78 is 25.0. The van der Waals surface area contributed by atoms with Crippen LogP contribution in [0.15, 0.2) is 118 Å². The molecular formula is C37H31ClN2O6S. The van der Waals surface area contributed by atoms with E-state index in [9.17, 15) is 9.59 Å². The number of carbonyl (C=O) groups is 1. The summed E-state index contributed by atoms with van der Waals surface area (Å²) in [6, 6.07) is 28.7. The van der Waals surface area contributed by atoms with E-state index in [0.717, 1.165) is 16.9 Å². The van der Waals surface area contributed by atoms with Crippen LogP contribution < -0.4 is 33.8 Å². The molecule has 8 nitrogen and oxygen atoms in total. The number of rotatable bonds is 10. The molecule has 0 radical (unpaired) electrons. The Hall–Kier alpha value is -5.12. The molecule has 0 aliphatic carbocycles. The van der Waals surface area contributed by atoms with Crippen molar-refractivity contribution < 1.29 is 23.7 Å². The first kappa shape index (κ1) is 31.8. The zero-order chi connectivity index (χ0) is 32.9. The largest absolute Gasteiger partial charge is 0.493 e. The van der Waals surface area contributed by atoms with Crippen molar-refractivity contribution in [1.29, 1.82) is 0 Å². The number of para-hydroxylation sites is 1. The molecule has 0 fully saturated rings. The summed E-state index contributed by atoms with van der Waals surface area (Å²) in [6.07, 6.45) is 1.73. The maximum atomic E-state index is 14.1. The first-order chi connectivity index (χ1) is 22.8. The fraction of sp³-hybridized carbons (Fsp3) is 0.162. The van der Waals surface area contributed by atoms with E-state index < -0.39 is 12.0 Å². The van der Waals surface area contributed by atoms with Gasteiger partial charge in [0, 0.05) is 0 Å². The predicted molar refractivity (Wildman–Crippen MR) is 182 cm³/mol. The second-order valence-corrected chi connectivity index (χ2v) is 12.2. The molecule has 0 bridgehead atoms. The predicted octanol–water partition coefficient (Wildman–Crippen LogP) is 6.27. The van der Waals surface area contributed by atoms with E-state index in [4.69, 9.17) is 30.5 Å². The summed E-state index contributed by atoms with van der Waals surface area (Å²) in [4.78, 5) is 32.8. The highest BCUT2D eigenvalue weighted by Gasteiger charge is 2.33. The molecule has 0 N–H and O–H groups in total. The van der Waals surface area contributed by atoms with Crippen LogP contribution in [0.1, 0.15) is 29.7 Å². The lowest BCUT2D eigenvalue weighted by atomic mass is 9.96. The van der Waals surface area contributed by atoms with Crippen molar-refractivity contribution in [2.75, 3.05) is 20.3 Å². The van der Waals surface area contributed by atoms with Gasteiger partial charge < -0.3 is 18.9 Å². The highest BCUT2D eigenvalue weighted by atomic mass is 35.5. The van der Waals surface area contributed by atoms with E-state index in [1.165, 1.54) is 18.4 Å². The summed E-state index contributed by atoms with van der Waals surface area (Å²) in [5.41, 5.74) is 3.01. The Morgan fingerprint density at radius 1 is 0.915 bits per heavy atom. The molecule has 6 rings (SSSR count). The van der Waals surface area contributed by atoms with Crippen LogP contribution in [-0.4, -0.2) is 30.9 Å². The monoisotopic (exact) mass is 666 g/mol. The van der Waals surface area contributed by atoms with Crippen molar-refractivity contribution in [2.24, 2.45) is 4.99 Å². The van der Waals surface area contributed by atoms with Crippen LogP contribution in [0.25, 0.3) is 6.08 Å². The topological polar surface area (TPSA) is 88.4 Å². The number of benzene rings is 4. The van der Waals surface area contributed by atoms with Crippen LogP contribution >= 0.6 is 22.9 Å². The molecule has 0 saturated carbocycles. The van der Waals surface area contributed by atoms with Crippen molar-refractivity contribution in [3.05, 3.63) is 150 Å². The number of methoxy groups -OCH3 is 1. The van der Waals surface area contributed by atoms with Gasteiger partial charge in [0.2, 0.25) is 0 Å². The Morgan fingerprint density at radius 3 is 2.30 bits per heavy atom. The van der Waals surface area contributed by atoms with Gasteiger partial charge in [0.05, 0.1) is 34.0 Å². The number of hydrogen-bond acceptors (Lipinski definition) is 8. The third kappa shape index (κ3) is 7.01. The van der Waals surface area contributed by atoms with Gasteiger partial charge in [0.25, 0.3) is 5.56 Å². The lowest BCUT2D eigenvalue weighted by Crippen LogP contribution is -2.40. The van der Waals surface area contributed by atoms with Crippen molar-refractivity contribution in [3.63, 3.8) is 0 Å². The molecular weight excluding hydrogens is 636 g/mol. The van der Waals surface area contributed by atoms with Gasteiger partial charge in [0.1, 0.15) is 24.7 Å². The Bertz CT molecular complexity index is 2120. The van der Waals surface area contributed by atoms with Crippen LogP contribution in [0.4, 0.5) is 0 Å². The first-order valence-electron chi connectivity index (χ1n) is 14.9. The standard InChI is InChI=1S/C37H31ClN2O6S/c1-23-14-16-27(17-15-23)44-18-19-45-34-29(38)20-25(21-30(34)43-3)22-31-35(41)40-33(26-10-6-4-7-11-26)32(24(2)39-37(40)47-31)36(42)46-28-12-8-5-9-13-28/h4-17,20-22,33H,18-19H2,1-3H3/b31-22-/t33-/m1/s1. The number of nitrogens with zero attached hydrogens (tertiary/aromatic N) is 2. The fourth-order valence-electron chi connectivity index (χ4n) is 5.24. The molecule has 1 aromatic heterocycles. The van der Waals surface area contributed by atoms with E-state index >= 15 is 0 Å². The molecule has 0 spiro atoms. The molecule has 1 atom stereocenters. The zero-order valence-corrected chi connectivity index (χ0v) is 27.5. The van der Waals surface area contributed by atoms with Crippen molar-refractivity contribution in [1.82, 2.24) is 4.57 Å². The average molecular weight is 667 g/mol. The molecule has 2 heterocycles.